The van der Waals surface area contributed by atoms with Gasteiger partial charge < -0.3 is 61.7 Å². The zero-order valence-corrected chi connectivity index (χ0v) is 26.2. The maximum absolute atomic E-state index is 13.1. The molecule has 25 heteroatoms. The van der Waals surface area contributed by atoms with E-state index in [1.54, 1.807) is 0 Å². The molecule has 0 aliphatic heterocycles. The number of nitrogens with one attached hydrogen (secondary N) is 2. The fourth-order valence-electron chi connectivity index (χ4n) is 3.69. The van der Waals surface area contributed by atoms with Gasteiger partial charge >= 0.3 is 0 Å². The monoisotopic (exact) mass is 743 g/mol. The Bertz CT molecular complexity index is 1600. The summed E-state index contributed by atoms with van der Waals surface area (Å²) in [6, 6.07) is 3.74. The number of hydrogen-bond donors (Lipinski definition) is 14. The van der Waals surface area contributed by atoms with Gasteiger partial charge in [-0.15, -0.1) is 0 Å². The van der Waals surface area contributed by atoms with Crippen molar-refractivity contribution in [2.75, 3.05) is 23.8 Å². The van der Waals surface area contributed by atoms with Crippen molar-refractivity contribution in [1.29, 1.82) is 0 Å². The quantitative estimate of drug-likeness (QED) is 0.0632. The minimum Gasteiger partial charge on any atom is -0.394 e. The molecule has 0 radical (unpaired) electrons. The molecule has 14 N–H and O–H groups in total. The van der Waals surface area contributed by atoms with Gasteiger partial charge in [0.2, 0.25) is 9.84 Å². The number of anilines is 2. The number of sulfone groups is 1. The molecule has 0 spiro atoms. The number of aliphatic hydroxyl groups excluding tert-OH is 10. The van der Waals surface area contributed by atoms with Crippen molar-refractivity contribution in [3.8, 4) is 0 Å². The lowest BCUT2D eigenvalue weighted by Crippen LogP contribution is -2.54. The van der Waals surface area contributed by atoms with Crippen LogP contribution in [0.5, 0.6) is 0 Å². The summed E-state index contributed by atoms with van der Waals surface area (Å²) in [6.07, 6.45) is -17.7. The molecule has 2 rings (SSSR count). The fraction of sp³-hybridized carbons (Fsp3) is 0.571. The van der Waals surface area contributed by atoms with Crippen molar-refractivity contribution < 1.29 is 85.4 Å². The average Bonchev–Trinajstić information content (AvgIpc) is 3.48. The van der Waals surface area contributed by atoms with E-state index >= 15 is 0 Å². The first-order valence-corrected chi connectivity index (χ1v) is 17.8. The molecule has 0 bridgehead atoms. The molecule has 0 saturated carbocycles. The predicted molar refractivity (Wildman–Crippen MR) is 154 cm³/mol. The highest BCUT2D eigenvalue weighted by Crippen LogP contribution is 2.31. The number of benzene rings is 1. The lowest BCUT2D eigenvalue weighted by atomic mass is 10.0. The third-order valence-electron chi connectivity index (χ3n) is 6.31. The van der Waals surface area contributed by atoms with Crippen LogP contribution in [0.4, 0.5) is 10.8 Å². The largest absolute Gasteiger partial charge is 0.394 e. The van der Waals surface area contributed by atoms with Crippen LogP contribution >= 0.6 is 11.3 Å². The Kier molecular flexibility index (Phi) is 13.7. The molecule has 10 atom stereocenters. The van der Waals surface area contributed by atoms with Crippen LogP contribution in [0.2, 0.25) is 0 Å². The van der Waals surface area contributed by atoms with Gasteiger partial charge in [-0.3, -0.25) is 9.11 Å². The Labute approximate surface area is 265 Å². The van der Waals surface area contributed by atoms with E-state index in [0.29, 0.717) is 0 Å². The zero-order valence-electron chi connectivity index (χ0n) is 23.0. The Hall–Kier alpha value is -2.18. The summed E-state index contributed by atoms with van der Waals surface area (Å²) in [5.41, 5.74) is -0.256. The molecule has 1 heterocycles. The van der Waals surface area contributed by atoms with Crippen molar-refractivity contribution >= 4 is 52.2 Å². The normalized spacial score (nSPS) is 19.6. The Morgan fingerprint density at radius 3 is 1.43 bits per heavy atom. The van der Waals surface area contributed by atoms with E-state index in [2.05, 4.69) is 10.3 Å². The summed E-state index contributed by atoms with van der Waals surface area (Å²) in [6.45, 7) is -2.17. The van der Waals surface area contributed by atoms with Crippen molar-refractivity contribution in [3.63, 3.8) is 0 Å². The highest BCUT2D eigenvalue weighted by molar-refractivity contribution is 7.93. The van der Waals surface area contributed by atoms with Crippen LogP contribution in [-0.4, -0.2) is 163 Å². The standard InChI is InChI=1S/C21H33N3O18S4/c25-6-10(27)13(29)15(31)17(33)19(45(37,38)39)23-8-1-3-9(4-2-8)44(35,36)12-5-22-21(43-12)24-20(46(40,41)42)18(34)16(32)14(30)11(28)7-26/h1-5,10-11,13-20,23,25-34H,6-7H2,(H,22,24)(H,37,38,39)(H,40,41,42). The molecular weight excluding hydrogens is 711 g/mol. The molecule has 0 amide bonds. The van der Waals surface area contributed by atoms with Crippen molar-refractivity contribution in [2.24, 2.45) is 0 Å². The first-order valence-electron chi connectivity index (χ1n) is 12.5. The van der Waals surface area contributed by atoms with Crippen LogP contribution in [0, 0.1) is 0 Å². The lowest BCUT2D eigenvalue weighted by Gasteiger charge is -2.30. The topological polar surface area (TPSA) is 382 Å². The summed E-state index contributed by atoms with van der Waals surface area (Å²) in [5, 5.41) is 95.3. The summed E-state index contributed by atoms with van der Waals surface area (Å²) in [4.78, 5) is 3.18. The van der Waals surface area contributed by atoms with Crippen LogP contribution in [0.3, 0.4) is 0 Å². The Morgan fingerprint density at radius 2 is 1.04 bits per heavy atom. The average molecular weight is 744 g/mol. The first kappa shape index (κ1) is 40.0. The summed E-state index contributed by atoms with van der Waals surface area (Å²) in [7, 11) is -15.0. The number of nitrogens with zero attached hydrogens (tertiary/aromatic N) is 1. The van der Waals surface area contributed by atoms with Crippen LogP contribution in [0.25, 0.3) is 0 Å². The molecule has 46 heavy (non-hydrogen) atoms. The Morgan fingerprint density at radius 1 is 0.630 bits per heavy atom. The zero-order chi connectivity index (χ0) is 35.4. The number of rotatable bonds is 18. The summed E-state index contributed by atoms with van der Waals surface area (Å²) >= 11 is 0.278. The minimum absolute atomic E-state index is 0.256. The van der Waals surface area contributed by atoms with E-state index in [0.717, 1.165) is 30.5 Å². The van der Waals surface area contributed by atoms with Crippen LogP contribution in [-0.2, 0) is 30.1 Å². The lowest BCUT2D eigenvalue weighted by molar-refractivity contribution is -0.114. The fourth-order valence-corrected chi connectivity index (χ4v) is 7.80. The number of aliphatic hydroxyl groups is 10. The van der Waals surface area contributed by atoms with Gasteiger partial charge in [0, 0.05) is 5.69 Å². The maximum Gasteiger partial charge on any atom is 0.288 e. The molecule has 264 valence electrons. The van der Waals surface area contributed by atoms with E-state index in [9.17, 15) is 75.2 Å². The van der Waals surface area contributed by atoms with Crippen molar-refractivity contribution in [3.05, 3.63) is 30.5 Å². The molecule has 2 aromatic rings. The second kappa shape index (κ2) is 15.8. The first-order chi connectivity index (χ1) is 21.1. The van der Waals surface area contributed by atoms with Gasteiger partial charge in [-0.25, -0.2) is 13.4 Å². The molecule has 0 aliphatic carbocycles. The second-order valence-electron chi connectivity index (χ2n) is 9.62. The molecule has 0 fully saturated rings. The predicted octanol–water partition coefficient (Wildman–Crippen LogP) is -5.90. The SMILES string of the molecule is O=S(=O)(c1ccc(NC(C(O)C(O)C(O)C(O)CO)S(=O)(=O)O)cc1)c1cnc(NC(C(O)C(O)C(O)C(O)CO)S(=O)(=O)O)s1. The van der Waals surface area contributed by atoms with Crippen LogP contribution in [0.15, 0.2) is 39.6 Å². The van der Waals surface area contributed by atoms with E-state index in [1.165, 1.54) is 0 Å². The van der Waals surface area contributed by atoms with Gasteiger partial charge in [-0.1, -0.05) is 11.3 Å². The van der Waals surface area contributed by atoms with E-state index < -0.39 is 117 Å². The Balaban J connectivity index is 2.30. The van der Waals surface area contributed by atoms with Gasteiger partial charge in [0.25, 0.3) is 20.2 Å². The number of aromatic nitrogens is 1. The van der Waals surface area contributed by atoms with Crippen molar-refractivity contribution in [1.82, 2.24) is 4.98 Å². The smallest absolute Gasteiger partial charge is 0.288 e. The maximum atomic E-state index is 13.1. The molecule has 10 unspecified atom stereocenters. The molecule has 21 nitrogen and oxygen atoms in total. The van der Waals surface area contributed by atoms with E-state index in [4.69, 9.17) is 10.2 Å². The van der Waals surface area contributed by atoms with Gasteiger partial charge in [0.1, 0.15) is 53.0 Å². The summed E-state index contributed by atoms with van der Waals surface area (Å²) < 4.78 is 92.2. The van der Waals surface area contributed by atoms with Crippen LogP contribution < -0.4 is 10.6 Å². The molecular formula is C21H33N3O18S4. The van der Waals surface area contributed by atoms with E-state index in [1.807, 2.05) is 5.32 Å². The number of thiazole rings is 1. The van der Waals surface area contributed by atoms with Gasteiger partial charge in [0.15, 0.2) is 15.9 Å². The molecule has 0 aliphatic rings. The van der Waals surface area contributed by atoms with E-state index in [-0.39, 0.29) is 17.0 Å². The number of hydrogen-bond acceptors (Lipinski definition) is 20. The second-order valence-corrected chi connectivity index (χ2v) is 15.9. The highest BCUT2D eigenvalue weighted by atomic mass is 32.2. The molecule has 1 aromatic heterocycles. The van der Waals surface area contributed by atoms with Crippen LogP contribution in [0.1, 0.15) is 0 Å². The van der Waals surface area contributed by atoms with Gasteiger partial charge in [0.05, 0.1) is 24.3 Å². The van der Waals surface area contributed by atoms with Gasteiger partial charge in [-0.2, -0.15) is 16.8 Å². The minimum atomic E-state index is -5.30. The van der Waals surface area contributed by atoms with Gasteiger partial charge in [-0.05, 0) is 24.3 Å². The molecule has 0 saturated heterocycles. The van der Waals surface area contributed by atoms with Crippen molar-refractivity contribution in [2.45, 2.75) is 68.7 Å². The third-order valence-corrected chi connectivity index (χ3v) is 11.5. The molecule has 1 aromatic carbocycles. The highest BCUT2D eigenvalue weighted by Gasteiger charge is 2.42. The summed E-state index contributed by atoms with van der Waals surface area (Å²) in [5.74, 6) is 0. The third kappa shape index (κ3) is 9.69.